The number of halogens is 1. The number of aromatic nitrogens is 2. The minimum absolute atomic E-state index is 0.375. The van der Waals surface area contributed by atoms with Gasteiger partial charge in [0, 0.05) is 11.5 Å². The number of imidazole rings is 1. The van der Waals surface area contributed by atoms with E-state index >= 15 is 0 Å². The monoisotopic (exact) mass is 281 g/mol. The average Bonchev–Trinajstić information content (AvgIpc) is 2.56. The summed E-state index contributed by atoms with van der Waals surface area (Å²) in [5, 5.41) is 0. The van der Waals surface area contributed by atoms with E-state index in [1.807, 2.05) is 26.1 Å². The zero-order chi connectivity index (χ0) is 11.9. The van der Waals surface area contributed by atoms with Gasteiger partial charge in [0.15, 0.2) is 0 Å². The van der Waals surface area contributed by atoms with Crippen LogP contribution in [0, 0.1) is 0 Å². The molecule has 0 amide bonds. The van der Waals surface area contributed by atoms with Crippen LogP contribution >= 0.6 is 15.9 Å². The highest BCUT2D eigenvalue weighted by Gasteiger charge is 2.25. The van der Waals surface area contributed by atoms with Crippen LogP contribution in [-0.4, -0.2) is 9.55 Å². The molecular formula is C12H16BrN3. The van der Waals surface area contributed by atoms with Crippen LogP contribution in [0.4, 0.5) is 0 Å². The lowest BCUT2D eigenvalue weighted by Crippen LogP contribution is -2.35. The smallest absolute Gasteiger partial charge is 0.129 e. The van der Waals surface area contributed by atoms with E-state index in [2.05, 4.69) is 38.5 Å². The van der Waals surface area contributed by atoms with Gasteiger partial charge in [0.05, 0.1) is 16.6 Å². The van der Waals surface area contributed by atoms with Gasteiger partial charge in [0.2, 0.25) is 0 Å². The molecule has 1 aromatic heterocycles. The first-order valence-corrected chi connectivity index (χ1v) is 6.16. The Kier molecular flexibility index (Phi) is 2.80. The van der Waals surface area contributed by atoms with Crippen LogP contribution in [0.2, 0.25) is 0 Å². The van der Waals surface area contributed by atoms with Crippen LogP contribution in [0.5, 0.6) is 0 Å². The quantitative estimate of drug-likeness (QED) is 0.920. The van der Waals surface area contributed by atoms with Crippen LogP contribution in [0.1, 0.15) is 26.1 Å². The molecule has 0 bridgehead atoms. The number of hydrogen-bond acceptors (Lipinski definition) is 2. The lowest BCUT2D eigenvalue weighted by atomic mass is 10.00. The fraction of sp³-hybridized carbons (Fsp3) is 0.417. The van der Waals surface area contributed by atoms with Crippen molar-refractivity contribution >= 4 is 27.0 Å². The number of rotatable bonds is 2. The van der Waals surface area contributed by atoms with Gasteiger partial charge in [-0.1, -0.05) is 22.9 Å². The van der Waals surface area contributed by atoms with Crippen molar-refractivity contribution in [2.75, 3.05) is 0 Å². The van der Waals surface area contributed by atoms with Gasteiger partial charge in [-0.3, -0.25) is 0 Å². The van der Waals surface area contributed by atoms with E-state index in [1.165, 1.54) is 0 Å². The van der Waals surface area contributed by atoms with Crippen LogP contribution in [-0.2, 0) is 12.6 Å². The second-order valence-electron chi connectivity index (χ2n) is 4.40. The number of nitrogens with zero attached hydrogens (tertiary/aromatic N) is 2. The normalized spacial score (nSPS) is 15.3. The molecule has 0 spiro atoms. The second kappa shape index (κ2) is 3.86. The minimum atomic E-state index is -0.375. The third-order valence-electron chi connectivity index (χ3n) is 3.09. The SMILES string of the molecule is CCC(C)(N)c1nc2cc(Br)ccc2n1C. The molecule has 86 valence electrons. The molecule has 0 fully saturated rings. The van der Waals surface area contributed by atoms with Crippen molar-refractivity contribution in [3.05, 3.63) is 28.5 Å². The van der Waals surface area contributed by atoms with E-state index in [-0.39, 0.29) is 5.54 Å². The molecule has 0 aliphatic carbocycles. The molecule has 0 saturated heterocycles. The molecule has 1 heterocycles. The largest absolute Gasteiger partial charge is 0.330 e. The average molecular weight is 282 g/mol. The predicted molar refractivity (Wildman–Crippen MR) is 70.2 cm³/mol. The lowest BCUT2D eigenvalue weighted by Gasteiger charge is -2.21. The highest BCUT2D eigenvalue weighted by atomic mass is 79.9. The summed E-state index contributed by atoms with van der Waals surface area (Å²) in [6.07, 6.45) is 0.866. The molecule has 2 rings (SSSR count). The first kappa shape index (κ1) is 11.6. The summed E-state index contributed by atoms with van der Waals surface area (Å²) in [6.45, 7) is 4.10. The van der Waals surface area contributed by atoms with Gasteiger partial charge in [-0.2, -0.15) is 0 Å². The van der Waals surface area contributed by atoms with Gasteiger partial charge in [0.25, 0.3) is 0 Å². The summed E-state index contributed by atoms with van der Waals surface area (Å²) in [4.78, 5) is 4.62. The van der Waals surface area contributed by atoms with Crippen LogP contribution in [0.15, 0.2) is 22.7 Å². The first-order valence-electron chi connectivity index (χ1n) is 5.37. The van der Waals surface area contributed by atoms with Crippen molar-refractivity contribution in [1.82, 2.24) is 9.55 Å². The van der Waals surface area contributed by atoms with E-state index in [1.54, 1.807) is 0 Å². The van der Waals surface area contributed by atoms with Crippen LogP contribution in [0.25, 0.3) is 11.0 Å². The van der Waals surface area contributed by atoms with E-state index in [0.29, 0.717) is 0 Å². The standard InChI is InChI=1S/C12H16BrN3/c1-4-12(2,14)11-15-9-7-8(13)5-6-10(9)16(11)3/h5-7H,4,14H2,1-3H3. The Labute approximate surface area is 104 Å². The Hall–Kier alpha value is -0.870. The summed E-state index contributed by atoms with van der Waals surface area (Å²) < 4.78 is 3.12. The van der Waals surface area contributed by atoms with Crippen LogP contribution in [0.3, 0.4) is 0 Å². The second-order valence-corrected chi connectivity index (χ2v) is 5.31. The fourth-order valence-electron chi connectivity index (χ4n) is 1.84. The van der Waals surface area contributed by atoms with Crippen molar-refractivity contribution in [3.8, 4) is 0 Å². The summed E-state index contributed by atoms with van der Waals surface area (Å²) in [5.41, 5.74) is 7.97. The van der Waals surface area contributed by atoms with Crippen molar-refractivity contribution in [2.24, 2.45) is 12.8 Å². The molecule has 1 aromatic carbocycles. The van der Waals surface area contributed by atoms with Crippen molar-refractivity contribution in [2.45, 2.75) is 25.8 Å². The molecule has 0 aliphatic heterocycles. The molecule has 1 unspecified atom stereocenters. The summed E-state index contributed by atoms with van der Waals surface area (Å²) in [7, 11) is 2.01. The Morgan fingerprint density at radius 2 is 2.19 bits per heavy atom. The summed E-state index contributed by atoms with van der Waals surface area (Å²) in [5.74, 6) is 0.933. The minimum Gasteiger partial charge on any atom is -0.330 e. The molecule has 2 N–H and O–H groups in total. The highest BCUT2D eigenvalue weighted by molar-refractivity contribution is 9.10. The van der Waals surface area contributed by atoms with Crippen molar-refractivity contribution in [1.29, 1.82) is 0 Å². The lowest BCUT2D eigenvalue weighted by molar-refractivity contribution is 0.434. The van der Waals surface area contributed by atoms with E-state index in [0.717, 1.165) is 27.8 Å². The fourth-order valence-corrected chi connectivity index (χ4v) is 2.19. The Bertz CT molecular complexity index is 528. The number of benzene rings is 1. The topological polar surface area (TPSA) is 43.8 Å². The predicted octanol–water partition coefficient (Wildman–Crippen LogP) is 2.92. The molecule has 0 radical (unpaired) electrons. The van der Waals surface area contributed by atoms with Gasteiger partial charge in [-0.15, -0.1) is 0 Å². The molecule has 4 heteroatoms. The van der Waals surface area contributed by atoms with Crippen molar-refractivity contribution < 1.29 is 0 Å². The maximum atomic E-state index is 6.25. The maximum Gasteiger partial charge on any atom is 0.129 e. The molecule has 0 aliphatic rings. The van der Waals surface area contributed by atoms with Gasteiger partial charge < -0.3 is 10.3 Å². The zero-order valence-corrected chi connectivity index (χ0v) is 11.4. The Balaban J connectivity index is 2.69. The Morgan fingerprint density at radius 3 is 2.81 bits per heavy atom. The van der Waals surface area contributed by atoms with Gasteiger partial charge in [0.1, 0.15) is 5.82 Å². The third-order valence-corrected chi connectivity index (χ3v) is 3.58. The first-order chi connectivity index (χ1) is 7.45. The molecule has 0 saturated carbocycles. The third kappa shape index (κ3) is 1.76. The van der Waals surface area contributed by atoms with E-state index in [9.17, 15) is 0 Å². The maximum absolute atomic E-state index is 6.25. The highest BCUT2D eigenvalue weighted by Crippen LogP contribution is 2.26. The van der Waals surface area contributed by atoms with Crippen molar-refractivity contribution in [3.63, 3.8) is 0 Å². The van der Waals surface area contributed by atoms with Gasteiger partial charge >= 0.3 is 0 Å². The Morgan fingerprint density at radius 1 is 1.50 bits per heavy atom. The zero-order valence-electron chi connectivity index (χ0n) is 9.79. The van der Waals surface area contributed by atoms with Gasteiger partial charge in [-0.25, -0.2) is 4.98 Å². The number of nitrogens with two attached hydrogens (primary N) is 1. The molecule has 1 atom stereocenters. The summed E-state index contributed by atoms with van der Waals surface area (Å²) >= 11 is 3.45. The number of aryl methyl sites for hydroxylation is 1. The number of hydrogen-bond donors (Lipinski definition) is 1. The van der Waals surface area contributed by atoms with E-state index < -0.39 is 0 Å². The van der Waals surface area contributed by atoms with Crippen LogP contribution < -0.4 is 5.73 Å². The van der Waals surface area contributed by atoms with E-state index in [4.69, 9.17) is 5.73 Å². The summed E-state index contributed by atoms with van der Waals surface area (Å²) in [6, 6.07) is 6.10. The molecule has 2 aromatic rings. The molecule has 16 heavy (non-hydrogen) atoms. The van der Waals surface area contributed by atoms with Gasteiger partial charge in [-0.05, 0) is 31.5 Å². The number of fused-ring (bicyclic) bond motifs is 1. The molecular weight excluding hydrogens is 266 g/mol. The molecule has 3 nitrogen and oxygen atoms in total.